The predicted molar refractivity (Wildman–Crippen MR) is 31.6 cm³/mol. The number of carbonyl (C=O) groups excluding carboxylic acids is 2. The summed E-state index contributed by atoms with van der Waals surface area (Å²) in [4.78, 5) is 19.7. The molecule has 0 aromatic heterocycles. The van der Waals surface area contributed by atoms with Crippen molar-refractivity contribution in [1.29, 1.82) is 0 Å². The summed E-state index contributed by atoms with van der Waals surface area (Å²) in [6.07, 6.45) is 1.36. The Kier molecular flexibility index (Phi) is 3.35. The summed E-state index contributed by atoms with van der Waals surface area (Å²) in [5.74, 6) is -0.865. The molecule has 0 fully saturated rings. The van der Waals surface area contributed by atoms with Crippen LogP contribution in [0.5, 0.6) is 0 Å². The Morgan fingerprint density at radius 2 is 2.00 bits per heavy atom. The Labute approximate surface area is 53.3 Å². The van der Waals surface area contributed by atoms with Crippen molar-refractivity contribution < 1.29 is 14.3 Å². The van der Waals surface area contributed by atoms with E-state index >= 15 is 0 Å². The van der Waals surface area contributed by atoms with Gasteiger partial charge in [-0.3, -0.25) is 4.79 Å². The van der Waals surface area contributed by atoms with E-state index in [1.807, 2.05) is 0 Å². The lowest BCUT2D eigenvalue weighted by Gasteiger charge is -1.89. The zero-order chi connectivity index (χ0) is 7.28. The fraction of sp³-hybridized carbons (Fsp3) is 0.333. The monoisotopic (exact) mass is 128 g/mol. The maximum Gasteiger partial charge on any atom is 0.376 e. The molecule has 0 aromatic carbocycles. The molecule has 0 saturated carbocycles. The van der Waals surface area contributed by atoms with Crippen molar-refractivity contribution in [1.82, 2.24) is 0 Å². The number of rotatable bonds is 2. The van der Waals surface area contributed by atoms with E-state index in [0.717, 1.165) is 5.57 Å². The first-order chi connectivity index (χ1) is 4.16. The lowest BCUT2D eigenvalue weighted by molar-refractivity contribution is -0.144. The highest BCUT2D eigenvalue weighted by atomic mass is 16.5. The van der Waals surface area contributed by atoms with Gasteiger partial charge in [0, 0.05) is 0 Å². The van der Waals surface area contributed by atoms with Crippen molar-refractivity contribution in [2.24, 2.45) is 0 Å². The van der Waals surface area contributed by atoms with Gasteiger partial charge < -0.3 is 4.74 Å². The molecule has 0 heterocycles. The minimum Gasteiger partial charge on any atom is -0.429 e. The minimum absolute atomic E-state index is 0.124. The summed E-state index contributed by atoms with van der Waals surface area (Å²) in [7, 11) is 0. The first-order valence-corrected chi connectivity index (χ1v) is 2.46. The molecule has 0 atom stereocenters. The first-order valence-electron chi connectivity index (χ1n) is 2.46. The van der Waals surface area contributed by atoms with E-state index in [1.54, 1.807) is 13.8 Å². The predicted octanol–water partition coefficient (Wildman–Crippen LogP) is 0.652. The SMILES string of the molecule is CC(C)=COC(=O)C=O. The molecule has 0 aliphatic carbocycles. The quantitative estimate of drug-likeness (QED) is 0.237. The molecule has 0 aromatic rings. The van der Waals surface area contributed by atoms with Crippen molar-refractivity contribution in [2.75, 3.05) is 0 Å². The molecule has 0 unspecified atom stereocenters. The third-order valence-corrected chi connectivity index (χ3v) is 0.507. The van der Waals surface area contributed by atoms with E-state index in [0.29, 0.717) is 0 Å². The third kappa shape index (κ3) is 4.74. The normalized spacial score (nSPS) is 7.78. The van der Waals surface area contributed by atoms with Crippen LogP contribution in [0.15, 0.2) is 11.8 Å². The zero-order valence-corrected chi connectivity index (χ0v) is 5.38. The molecule has 0 rings (SSSR count). The number of hydrogen-bond donors (Lipinski definition) is 0. The molecule has 9 heavy (non-hydrogen) atoms. The van der Waals surface area contributed by atoms with Crippen LogP contribution in [0.2, 0.25) is 0 Å². The Morgan fingerprint density at radius 3 is 2.33 bits per heavy atom. The van der Waals surface area contributed by atoms with Crippen LogP contribution in [0, 0.1) is 0 Å². The highest BCUT2D eigenvalue weighted by Crippen LogP contribution is 1.88. The van der Waals surface area contributed by atoms with Crippen LogP contribution < -0.4 is 0 Å². The third-order valence-electron chi connectivity index (χ3n) is 0.507. The van der Waals surface area contributed by atoms with Gasteiger partial charge in [0.1, 0.15) is 0 Å². The van der Waals surface area contributed by atoms with E-state index in [1.165, 1.54) is 6.26 Å². The number of esters is 1. The Morgan fingerprint density at radius 1 is 1.44 bits per heavy atom. The summed E-state index contributed by atoms with van der Waals surface area (Å²) in [6.45, 7) is 3.52. The van der Waals surface area contributed by atoms with E-state index in [4.69, 9.17) is 0 Å². The Bertz CT molecular complexity index is 142. The van der Waals surface area contributed by atoms with Gasteiger partial charge in [-0.15, -0.1) is 0 Å². The van der Waals surface area contributed by atoms with Gasteiger partial charge in [-0.25, -0.2) is 4.79 Å². The van der Waals surface area contributed by atoms with Crippen molar-refractivity contribution in [3.05, 3.63) is 11.8 Å². The summed E-state index contributed by atoms with van der Waals surface area (Å²) in [5.41, 5.74) is 0.838. The van der Waals surface area contributed by atoms with Gasteiger partial charge >= 0.3 is 5.97 Å². The lowest BCUT2D eigenvalue weighted by Crippen LogP contribution is -1.99. The van der Waals surface area contributed by atoms with Gasteiger partial charge in [-0.2, -0.15) is 0 Å². The largest absolute Gasteiger partial charge is 0.429 e. The summed E-state index contributed by atoms with van der Waals surface area (Å²) in [6, 6.07) is 0. The fourth-order valence-electron chi connectivity index (χ4n) is 0.204. The molecule has 3 nitrogen and oxygen atoms in total. The molecule has 0 aliphatic rings. The number of carbonyl (C=O) groups is 2. The summed E-state index contributed by atoms with van der Waals surface area (Å²) >= 11 is 0. The van der Waals surface area contributed by atoms with Crippen LogP contribution in [0.4, 0.5) is 0 Å². The van der Waals surface area contributed by atoms with Crippen LogP contribution in [-0.4, -0.2) is 12.3 Å². The maximum absolute atomic E-state index is 10.1. The second-order valence-electron chi connectivity index (χ2n) is 1.75. The average molecular weight is 128 g/mol. The van der Waals surface area contributed by atoms with Crippen LogP contribution in [-0.2, 0) is 14.3 Å². The topological polar surface area (TPSA) is 43.4 Å². The molecule has 0 saturated heterocycles. The molecule has 50 valence electrons. The Balaban J connectivity index is 3.63. The van der Waals surface area contributed by atoms with Crippen LogP contribution in [0.3, 0.4) is 0 Å². The van der Waals surface area contributed by atoms with Crippen molar-refractivity contribution in [3.8, 4) is 0 Å². The van der Waals surface area contributed by atoms with Crippen molar-refractivity contribution in [2.45, 2.75) is 13.8 Å². The van der Waals surface area contributed by atoms with Crippen LogP contribution in [0.25, 0.3) is 0 Å². The number of hydrogen-bond acceptors (Lipinski definition) is 3. The van der Waals surface area contributed by atoms with Crippen molar-refractivity contribution in [3.63, 3.8) is 0 Å². The standard InChI is InChI=1S/C6H8O3/c1-5(2)4-9-6(8)3-7/h3-4H,1-2H3. The number of ether oxygens (including phenoxy) is 1. The van der Waals surface area contributed by atoms with Gasteiger partial charge in [-0.1, -0.05) is 0 Å². The molecule has 0 spiro atoms. The van der Waals surface area contributed by atoms with E-state index < -0.39 is 5.97 Å². The average Bonchev–Trinajstić information content (AvgIpc) is 1.83. The van der Waals surface area contributed by atoms with Crippen LogP contribution >= 0.6 is 0 Å². The highest BCUT2D eigenvalue weighted by Gasteiger charge is 1.93. The first kappa shape index (κ1) is 7.88. The number of allylic oxidation sites excluding steroid dienone is 1. The van der Waals surface area contributed by atoms with Crippen LogP contribution in [0.1, 0.15) is 13.8 Å². The maximum atomic E-state index is 10.1. The summed E-state index contributed by atoms with van der Waals surface area (Å²) < 4.78 is 4.28. The molecule has 0 radical (unpaired) electrons. The fourth-order valence-corrected chi connectivity index (χ4v) is 0.204. The van der Waals surface area contributed by atoms with Gasteiger partial charge in [0.15, 0.2) is 0 Å². The molecule has 0 aliphatic heterocycles. The zero-order valence-electron chi connectivity index (χ0n) is 5.38. The highest BCUT2D eigenvalue weighted by molar-refractivity contribution is 6.20. The van der Waals surface area contributed by atoms with Crippen molar-refractivity contribution >= 4 is 12.3 Å². The molecule has 0 bridgehead atoms. The molecule has 3 heteroatoms. The minimum atomic E-state index is -0.865. The van der Waals surface area contributed by atoms with E-state index in [2.05, 4.69) is 4.74 Å². The number of aldehydes is 1. The smallest absolute Gasteiger partial charge is 0.376 e. The molecular formula is C6H8O3. The second kappa shape index (κ2) is 3.83. The van der Waals surface area contributed by atoms with Gasteiger partial charge in [0.25, 0.3) is 0 Å². The molecule has 0 amide bonds. The van der Waals surface area contributed by atoms with Gasteiger partial charge in [-0.05, 0) is 19.4 Å². The van der Waals surface area contributed by atoms with E-state index in [-0.39, 0.29) is 6.29 Å². The van der Waals surface area contributed by atoms with Gasteiger partial charge in [0.05, 0.1) is 6.26 Å². The second-order valence-corrected chi connectivity index (χ2v) is 1.75. The molecular weight excluding hydrogens is 120 g/mol. The van der Waals surface area contributed by atoms with E-state index in [9.17, 15) is 9.59 Å². The summed E-state index contributed by atoms with van der Waals surface area (Å²) in [5, 5.41) is 0. The molecule has 0 N–H and O–H groups in total. The lowest BCUT2D eigenvalue weighted by atomic mass is 10.4. The van der Waals surface area contributed by atoms with Gasteiger partial charge in [0.2, 0.25) is 6.29 Å². The Hall–Kier alpha value is -1.12.